The van der Waals surface area contributed by atoms with Gasteiger partial charge in [0.2, 0.25) is 5.91 Å². The number of benzene rings is 2. The van der Waals surface area contributed by atoms with Gasteiger partial charge in [0.25, 0.3) is 11.8 Å². The number of imide groups is 1. The zero-order valence-electron chi connectivity index (χ0n) is 17.1. The molecule has 0 fully saturated rings. The minimum Gasteiger partial charge on any atom is -0.350 e. The average Bonchev–Trinajstić information content (AvgIpc) is 3.00. The van der Waals surface area contributed by atoms with Gasteiger partial charge in [-0.2, -0.15) is 0 Å². The molecule has 1 aliphatic heterocycles. The van der Waals surface area contributed by atoms with E-state index >= 15 is 0 Å². The third kappa shape index (κ3) is 4.39. The Labute approximate surface area is 183 Å². The summed E-state index contributed by atoms with van der Waals surface area (Å²) in [4.78, 5) is 43.1. The number of rotatable bonds is 6. The van der Waals surface area contributed by atoms with Crippen LogP contribution < -0.4 is 10.6 Å². The Balaban J connectivity index is 1.71. The highest BCUT2D eigenvalue weighted by Gasteiger charge is 2.39. The number of amides is 3. The molecule has 0 radical (unpaired) electrons. The molecule has 2 aromatic carbocycles. The number of nitrogens with one attached hydrogen (secondary N) is 2. The molecule has 0 spiro atoms. The lowest BCUT2D eigenvalue weighted by atomic mass is 10.0. The lowest BCUT2D eigenvalue weighted by Crippen LogP contribution is -2.32. The molecule has 32 heavy (non-hydrogen) atoms. The van der Waals surface area contributed by atoms with E-state index in [-0.39, 0.29) is 23.7 Å². The first-order valence-electron chi connectivity index (χ1n) is 9.83. The van der Waals surface area contributed by atoms with E-state index in [9.17, 15) is 18.8 Å². The summed E-state index contributed by atoms with van der Waals surface area (Å²) >= 11 is 0. The third-order valence-corrected chi connectivity index (χ3v) is 4.82. The molecule has 3 amide bonds. The van der Waals surface area contributed by atoms with E-state index in [1.807, 2.05) is 0 Å². The van der Waals surface area contributed by atoms with Gasteiger partial charge in [-0.25, -0.2) is 4.39 Å². The predicted molar refractivity (Wildman–Crippen MR) is 117 cm³/mol. The number of nitrogens with zero attached hydrogens (tertiary/aromatic N) is 2. The van der Waals surface area contributed by atoms with E-state index in [4.69, 9.17) is 0 Å². The molecule has 8 heteroatoms. The van der Waals surface area contributed by atoms with Crippen LogP contribution in [-0.2, 0) is 20.9 Å². The van der Waals surface area contributed by atoms with Gasteiger partial charge in [-0.15, -0.1) is 0 Å². The Morgan fingerprint density at radius 3 is 2.25 bits per heavy atom. The maximum Gasteiger partial charge on any atom is 0.278 e. The molecule has 0 saturated heterocycles. The predicted octanol–water partition coefficient (Wildman–Crippen LogP) is 3.57. The summed E-state index contributed by atoms with van der Waals surface area (Å²) in [5.74, 6) is -1.61. The maximum absolute atomic E-state index is 13.3. The zero-order chi connectivity index (χ0) is 22.7. The van der Waals surface area contributed by atoms with E-state index in [1.165, 1.54) is 31.2 Å². The van der Waals surface area contributed by atoms with Gasteiger partial charge in [0.1, 0.15) is 11.5 Å². The van der Waals surface area contributed by atoms with E-state index in [2.05, 4.69) is 15.6 Å². The third-order valence-electron chi connectivity index (χ3n) is 4.82. The second-order valence-electron chi connectivity index (χ2n) is 7.16. The number of hydrogen-bond acceptors (Lipinski definition) is 5. The van der Waals surface area contributed by atoms with Crippen molar-refractivity contribution in [2.45, 2.75) is 13.5 Å². The maximum atomic E-state index is 13.3. The Bertz CT molecular complexity index is 1210. The largest absolute Gasteiger partial charge is 0.350 e. The van der Waals surface area contributed by atoms with Gasteiger partial charge in [0.05, 0.1) is 17.8 Å². The number of pyridine rings is 1. The Morgan fingerprint density at radius 1 is 0.938 bits per heavy atom. The van der Waals surface area contributed by atoms with Crippen LogP contribution in [0.1, 0.15) is 18.2 Å². The van der Waals surface area contributed by atoms with Crippen molar-refractivity contribution >= 4 is 34.7 Å². The molecule has 0 bridgehead atoms. The van der Waals surface area contributed by atoms with Crippen molar-refractivity contribution in [3.63, 3.8) is 0 Å². The van der Waals surface area contributed by atoms with Gasteiger partial charge in [0.15, 0.2) is 0 Å². The number of hydrogen-bond donors (Lipinski definition) is 2. The first-order valence-corrected chi connectivity index (χ1v) is 9.83. The fourth-order valence-electron chi connectivity index (χ4n) is 3.36. The molecule has 7 nitrogen and oxygen atoms in total. The topological polar surface area (TPSA) is 91.4 Å². The summed E-state index contributed by atoms with van der Waals surface area (Å²) in [6.07, 6.45) is 1.59. The molecule has 0 atom stereocenters. The van der Waals surface area contributed by atoms with Crippen molar-refractivity contribution in [1.82, 2.24) is 9.88 Å². The first kappa shape index (κ1) is 20.9. The lowest BCUT2D eigenvalue weighted by molar-refractivity contribution is -0.137. The molecule has 2 heterocycles. The molecule has 1 aromatic heterocycles. The summed E-state index contributed by atoms with van der Waals surface area (Å²) in [5, 5.41) is 5.63. The summed E-state index contributed by atoms with van der Waals surface area (Å²) in [7, 11) is 0. The highest BCUT2D eigenvalue weighted by Crippen LogP contribution is 2.32. The van der Waals surface area contributed by atoms with Gasteiger partial charge in [0, 0.05) is 24.5 Å². The Hall–Kier alpha value is -4.33. The van der Waals surface area contributed by atoms with Crippen LogP contribution in [0.4, 0.5) is 15.8 Å². The number of aromatic nitrogens is 1. The van der Waals surface area contributed by atoms with Crippen molar-refractivity contribution in [2.75, 3.05) is 10.6 Å². The molecule has 0 unspecified atom stereocenters. The van der Waals surface area contributed by atoms with Crippen LogP contribution in [-0.4, -0.2) is 27.6 Å². The highest BCUT2D eigenvalue weighted by molar-refractivity contribution is 6.36. The van der Waals surface area contributed by atoms with Crippen molar-refractivity contribution < 1.29 is 18.8 Å². The fourth-order valence-corrected chi connectivity index (χ4v) is 3.36. The smallest absolute Gasteiger partial charge is 0.278 e. The number of anilines is 2. The second kappa shape index (κ2) is 8.81. The van der Waals surface area contributed by atoms with Gasteiger partial charge in [-0.1, -0.05) is 18.2 Å². The van der Waals surface area contributed by atoms with E-state index in [1.54, 1.807) is 48.7 Å². The van der Waals surface area contributed by atoms with E-state index in [0.717, 1.165) is 4.90 Å². The van der Waals surface area contributed by atoms with Gasteiger partial charge >= 0.3 is 0 Å². The summed E-state index contributed by atoms with van der Waals surface area (Å²) in [6.45, 7) is 1.41. The minimum atomic E-state index is -0.508. The fraction of sp³-hybridized carbons (Fsp3) is 0.0833. The van der Waals surface area contributed by atoms with E-state index in [0.29, 0.717) is 22.6 Å². The quantitative estimate of drug-likeness (QED) is 0.584. The number of carbonyl (C=O) groups excluding carboxylic acids is 3. The lowest BCUT2D eigenvalue weighted by Gasteiger charge is -2.14. The van der Waals surface area contributed by atoms with E-state index < -0.39 is 17.6 Å². The molecule has 2 N–H and O–H groups in total. The van der Waals surface area contributed by atoms with Crippen molar-refractivity contribution in [2.24, 2.45) is 0 Å². The minimum absolute atomic E-state index is 0.0145. The molecule has 1 aliphatic rings. The van der Waals surface area contributed by atoms with Crippen molar-refractivity contribution in [1.29, 1.82) is 0 Å². The van der Waals surface area contributed by atoms with Crippen LogP contribution in [0.5, 0.6) is 0 Å². The number of halogens is 1. The van der Waals surface area contributed by atoms with Gasteiger partial charge < -0.3 is 10.6 Å². The monoisotopic (exact) mass is 430 g/mol. The molecular formula is C24H19FN4O3. The second-order valence-corrected chi connectivity index (χ2v) is 7.16. The summed E-state index contributed by atoms with van der Waals surface area (Å²) in [6, 6.07) is 17.4. The number of carbonyl (C=O) groups is 3. The highest BCUT2D eigenvalue weighted by atomic mass is 19.1. The van der Waals surface area contributed by atoms with Gasteiger partial charge in [-0.3, -0.25) is 24.3 Å². The molecule has 0 saturated carbocycles. The standard InChI is InChI=1S/C24H19FN4O3/c1-15(30)27-18-9-5-16(6-10-18)21-22(28-19-11-7-17(25)8-12-19)24(32)29(23(21)31)14-20-4-2-3-13-26-20/h2-13,28H,14H2,1H3,(H,27,30). The van der Waals surface area contributed by atoms with Crippen molar-refractivity contribution in [3.05, 3.63) is 95.7 Å². The Morgan fingerprint density at radius 2 is 1.62 bits per heavy atom. The van der Waals surface area contributed by atoms with Crippen LogP contribution in [0.3, 0.4) is 0 Å². The van der Waals surface area contributed by atoms with Crippen LogP contribution >= 0.6 is 0 Å². The molecule has 0 aliphatic carbocycles. The summed E-state index contributed by atoms with van der Waals surface area (Å²) in [5.41, 5.74) is 2.38. The average molecular weight is 430 g/mol. The molecule has 4 rings (SSSR count). The van der Waals surface area contributed by atoms with Crippen LogP contribution in [0.2, 0.25) is 0 Å². The molecule has 3 aromatic rings. The normalized spacial score (nSPS) is 13.5. The van der Waals surface area contributed by atoms with Gasteiger partial charge in [-0.05, 0) is 54.1 Å². The van der Waals surface area contributed by atoms with Crippen molar-refractivity contribution in [3.8, 4) is 0 Å². The summed E-state index contributed by atoms with van der Waals surface area (Å²) < 4.78 is 13.3. The molecule has 160 valence electrons. The zero-order valence-corrected chi connectivity index (χ0v) is 17.1. The van der Waals surface area contributed by atoms with Crippen LogP contribution in [0.25, 0.3) is 5.57 Å². The van der Waals surface area contributed by atoms with Crippen LogP contribution in [0, 0.1) is 5.82 Å². The first-order chi connectivity index (χ1) is 15.4. The SMILES string of the molecule is CC(=O)Nc1ccc(C2=C(Nc3ccc(F)cc3)C(=O)N(Cc3ccccn3)C2=O)cc1. The molecular weight excluding hydrogens is 411 g/mol. The Kier molecular flexibility index (Phi) is 5.76. The van der Waals surface area contributed by atoms with Crippen LogP contribution in [0.15, 0.2) is 78.6 Å².